The van der Waals surface area contributed by atoms with E-state index in [0.29, 0.717) is 25.3 Å². The van der Waals surface area contributed by atoms with E-state index in [-0.39, 0.29) is 44.3 Å². The van der Waals surface area contributed by atoms with Crippen LogP contribution in [0.15, 0.2) is 40.2 Å². The Morgan fingerprint density at radius 3 is 2.36 bits per heavy atom. The van der Waals surface area contributed by atoms with E-state index in [2.05, 4.69) is 4.79 Å². The predicted octanol–water partition coefficient (Wildman–Crippen LogP) is -1.60. The van der Waals surface area contributed by atoms with Crippen LogP contribution < -0.4 is 34.3 Å². The third-order valence-electron chi connectivity index (χ3n) is 3.16. The smallest absolute Gasteiger partial charge is 1.00 e. The Morgan fingerprint density at radius 1 is 1.12 bits per heavy atom. The maximum absolute atomic E-state index is 9.14. The minimum absolute atomic E-state index is 0. The minimum Gasteiger partial charge on any atom is -1.00 e. The Hall–Kier alpha value is -0.767. The number of halogens is 2. The minimum atomic E-state index is 0. The number of aryl methyl sites for hydroxylation is 1. The molecule has 0 aromatic heterocycles. The number of hydrogen-bond donors (Lipinski definition) is 0. The molecular formula is C17H20Cl2N2O2SZn. The molecule has 0 fully saturated rings. The Labute approximate surface area is 178 Å². The van der Waals surface area contributed by atoms with Crippen LogP contribution in [0.3, 0.4) is 0 Å². The average Bonchev–Trinajstić information content (AvgIpc) is 2.52. The molecule has 0 atom stereocenters. The van der Waals surface area contributed by atoms with Gasteiger partial charge in [-0.25, -0.2) is 0 Å². The fraction of sp³-hybridized carbons (Fsp3) is 0.353. The first kappa shape index (κ1) is 26.5. The number of allylic oxidation sites excluding steroid dienone is 4. The van der Waals surface area contributed by atoms with Gasteiger partial charge in [-0.3, -0.25) is 0 Å². The van der Waals surface area contributed by atoms with Gasteiger partial charge in [-0.1, -0.05) is 23.9 Å². The maximum atomic E-state index is 9.14. The first-order chi connectivity index (χ1) is 10.7. The van der Waals surface area contributed by atoms with Crippen molar-refractivity contribution in [1.29, 1.82) is 0 Å². The Balaban J connectivity index is 0. The van der Waals surface area contributed by atoms with Crippen molar-refractivity contribution in [1.82, 2.24) is 0 Å². The quantitative estimate of drug-likeness (QED) is 0.297. The second-order valence-electron chi connectivity index (χ2n) is 4.74. The van der Waals surface area contributed by atoms with Crippen LogP contribution in [0.4, 0.5) is 0 Å². The van der Waals surface area contributed by atoms with Gasteiger partial charge in [0.25, 0.3) is 0 Å². The third kappa shape index (κ3) is 7.17. The molecule has 1 aliphatic carbocycles. The summed E-state index contributed by atoms with van der Waals surface area (Å²) in [5, 5.41) is 0. The van der Waals surface area contributed by atoms with Gasteiger partial charge in [-0.2, -0.15) is 4.79 Å². The van der Waals surface area contributed by atoms with E-state index in [1.807, 2.05) is 51.1 Å². The van der Waals surface area contributed by atoms with Crippen LogP contribution in [0.25, 0.3) is 5.53 Å². The van der Waals surface area contributed by atoms with E-state index in [1.165, 1.54) is 11.8 Å². The van der Waals surface area contributed by atoms with Crippen LogP contribution >= 0.6 is 11.8 Å². The second-order valence-corrected chi connectivity index (χ2v) is 5.83. The van der Waals surface area contributed by atoms with Crippen molar-refractivity contribution in [3.8, 4) is 11.5 Å². The molecule has 0 radical (unpaired) electrons. The van der Waals surface area contributed by atoms with Crippen molar-refractivity contribution in [2.45, 2.75) is 32.1 Å². The monoisotopic (exact) mass is 450 g/mol. The predicted molar refractivity (Wildman–Crippen MR) is 89.8 cm³/mol. The van der Waals surface area contributed by atoms with Crippen LogP contribution in [0, 0.1) is 6.92 Å². The molecule has 1 aromatic rings. The summed E-state index contributed by atoms with van der Waals surface area (Å²) >= 11 is 1.53. The van der Waals surface area contributed by atoms with Crippen LogP contribution in [0.2, 0.25) is 0 Å². The summed E-state index contributed by atoms with van der Waals surface area (Å²) in [5.74, 6) is 1.67. The van der Waals surface area contributed by atoms with E-state index in [9.17, 15) is 0 Å². The van der Waals surface area contributed by atoms with Gasteiger partial charge in [0.2, 0.25) is 0 Å². The molecular weight excluding hydrogens is 433 g/mol. The summed E-state index contributed by atoms with van der Waals surface area (Å²) < 4.78 is 11.4. The van der Waals surface area contributed by atoms with Crippen LogP contribution in [-0.2, 0) is 19.5 Å². The van der Waals surface area contributed by atoms with E-state index in [1.54, 1.807) is 0 Å². The van der Waals surface area contributed by atoms with Crippen molar-refractivity contribution in [3.63, 3.8) is 0 Å². The van der Waals surface area contributed by atoms with Gasteiger partial charge in [0.15, 0.2) is 0 Å². The summed E-state index contributed by atoms with van der Waals surface area (Å²) in [6.45, 7) is 7.15. The largest absolute Gasteiger partial charge is 2.00 e. The SMILES string of the molecule is CCOc1cc(SC2=CC=CCC2=[N+]=[N-])c(OCC)cc1C.[Cl-].[Cl-].[Zn+2]. The molecule has 0 N–H and O–H groups in total. The van der Waals surface area contributed by atoms with Crippen LogP contribution in [0.1, 0.15) is 25.8 Å². The number of rotatable bonds is 6. The van der Waals surface area contributed by atoms with Gasteiger partial charge in [-0.15, -0.1) is 0 Å². The molecule has 0 saturated heterocycles. The van der Waals surface area contributed by atoms with Crippen molar-refractivity contribution in [3.05, 3.63) is 46.4 Å². The van der Waals surface area contributed by atoms with Gasteiger partial charge in [0.1, 0.15) is 11.5 Å². The zero-order valence-corrected chi connectivity index (χ0v) is 19.9. The molecule has 0 aliphatic heterocycles. The Bertz CT molecular complexity index is 675. The molecule has 132 valence electrons. The first-order valence-electron chi connectivity index (χ1n) is 7.35. The van der Waals surface area contributed by atoms with Crippen molar-refractivity contribution in [2.75, 3.05) is 13.2 Å². The van der Waals surface area contributed by atoms with Crippen molar-refractivity contribution >= 4 is 17.5 Å². The van der Waals surface area contributed by atoms with Gasteiger partial charge < -0.3 is 39.8 Å². The van der Waals surface area contributed by atoms with Gasteiger partial charge >= 0.3 is 25.2 Å². The summed E-state index contributed by atoms with van der Waals surface area (Å²) in [7, 11) is 0. The maximum Gasteiger partial charge on any atom is 2.00 e. The molecule has 25 heavy (non-hydrogen) atoms. The molecule has 4 nitrogen and oxygen atoms in total. The van der Waals surface area contributed by atoms with E-state index >= 15 is 0 Å². The van der Waals surface area contributed by atoms with E-state index in [0.717, 1.165) is 26.9 Å². The summed E-state index contributed by atoms with van der Waals surface area (Å²) in [6.07, 6.45) is 6.50. The van der Waals surface area contributed by atoms with E-state index in [4.69, 9.17) is 15.0 Å². The normalized spacial score (nSPS) is 12.0. The summed E-state index contributed by atoms with van der Waals surface area (Å²) in [6, 6.07) is 3.98. The molecule has 2 rings (SSSR count). The number of ether oxygens (including phenoxy) is 2. The van der Waals surface area contributed by atoms with Gasteiger partial charge in [0.05, 0.1) is 29.4 Å². The fourth-order valence-corrected chi connectivity index (χ4v) is 3.15. The van der Waals surface area contributed by atoms with Crippen molar-refractivity contribution in [2.24, 2.45) is 0 Å². The summed E-state index contributed by atoms with van der Waals surface area (Å²) in [4.78, 5) is 5.25. The number of nitrogens with zero attached hydrogens (tertiary/aromatic N) is 2. The van der Waals surface area contributed by atoms with Gasteiger partial charge in [0, 0.05) is 0 Å². The van der Waals surface area contributed by atoms with Crippen molar-refractivity contribution < 1.29 is 58.6 Å². The third-order valence-corrected chi connectivity index (χ3v) is 4.29. The average molecular weight is 453 g/mol. The molecule has 0 unspecified atom stereocenters. The molecule has 0 amide bonds. The van der Waals surface area contributed by atoms with E-state index < -0.39 is 0 Å². The fourth-order valence-electron chi connectivity index (χ4n) is 2.14. The number of benzene rings is 1. The molecule has 0 saturated carbocycles. The number of hydrogen-bond acceptors (Lipinski definition) is 3. The molecule has 0 bridgehead atoms. The molecule has 8 heteroatoms. The standard InChI is InChI=1S/C17H20N2O2S.2ClH.Zn/c1-4-20-14-11-17(15(21-5-2)10-12(14)3)22-16-9-7-6-8-13(16)19-18;;;/h6-7,9-11H,4-5,8H2,1-3H3;2*1H;/q;;;+2/p-2. The number of thioether (sulfide) groups is 1. The molecule has 0 spiro atoms. The Morgan fingerprint density at radius 2 is 1.76 bits per heavy atom. The molecule has 1 aromatic carbocycles. The zero-order valence-electron chi connectivity index (χ0n) is 14.6. The zero-order chi connectivity index (χ0) is 15.9. The molecule has 0 heterocycles. The van der Waals surface area contributed by atoms with Crippen LogP contribution in [-0.4, -0.2) is 23.7 Å². The molecule has 1 aliphatic rings. The second kappa shape index (κ2) is 13.4. The first-order valence-corrected chi connectivity index (χ1v) is 8.17. The topological polar surface area (TPSA) is 54.9 Å². The summed E-state index contributed by atoms with van der Waals surface area (Å²) in [5.41, 5.74) is 10.8. The van der Waals surface area contributed by atoms with Gasteiger partial charge in [-0.05, 0) is 44.5 Å². The Kier molecular flexibility index (Phi) is 14.2. The van der Waals surface area contributed by atoms with Crippen LogP contribution in [0.5, 0.6) is 11.5 Å².